The molecule has 0 radical (unpaired) electrons. The highest BCUT2D eigenvalue weighted by Crippen LogP contribution is 2.21. The number of aryl methyl sites for hydroxylation is 1. The molecule has 0 aliphatic heterocycles. The second kappa shape index (κ2) is 8.56. The standard InChI is InChI=1S/C23H21FN2O3/c1-15-10-11-17(23(29)26(2)14-16-6-5-7-18(27)12-16)13-21(15)25-22(28)19-8-3-4-9-20(19)24/h3-13,27H,14H2,1-2H3,(H,25,28). The molecule has 5 nitrogen and oxygen atoms in total. The number of hydrogen-bond donors (Lipinski definition) is 2. The third-order valence-electron chi connectivity index (χ3n) is 4.53. The minimum atomic E-state index is -0.610. The number of nitrogens with zero attached hydrogens (tertiary/aromatic N) is 1. The average Bonchev–Trinajstić information content (AvgIpc) is 2.69. The van der Waals surface area contributed by atoms with Crippen LogP contribution in [0.15, 0.2) is 66.7 Å². The van der Waals surface area contributed by atoms with Crippen molar-refractivity contribution in [2.45, 2.75) is 13.5 Å². The van der Waals surface area contributed by atoms with Crippen molar-refractivity contribution in [2.75, 3.05) is 12.4 Å². The van der Waals surface area contributed by atoms with Crippen molar-refractivity contribution in [2.24, 2.45) is 0 Å². The van der Waals surface area contributed by atoms with Gasteiger partial charge in [0.05, 0.1) is 5.56 Å². The normalized spacial score (nSPS) is 10.4. The smallest absolute Gasteiger partial charge is 0.258 e. The van der Waals surface area contributed by atoms with Crippen LogP contribution in [0.1, 0.15) is 31.8 Å². The number of anilines is 1. The summed E-state index contributed by atoms with van der Waals surface area (Å²) in [5.74, 6) is -1.30. The average molecular weight is 392 g/mol. The molecule has 0 aliphatic carbocycles. The SMILES string of the molecule is Cc1ccc(C(=O)N(C)Cc2cccc(O)c2)cc1NC(=O)c1ccccc1F. The third-order valence-corrected chi connectivity index (χ3v) is 4.53. The van der Waals surface area contributed by atoms with Crippen molar-refractivity contribution in [1.82, 2.24) is 4.90 Å². The van der Waals surface area contributed by atoms with Gasteiger partial charge >= 0.3 is 0 Å². The summed E-state index contributed by atoms with van der Waals surface area (Å²) in [7, 11) is 1.66. The molecule has 0 fully saturated rings. The number of halogens is 1. The summed E-state index contributed by atoms with van der Waals surface area (Å²) in [5, 5.41) is 12.3. The first kappa shape index (κ1) is 20.1. The molecule has 0 aromatic heterocycles. The van der Waals surface area contributed by atoms with E-state index in [0.717, 1.165) is 11.1 Å². The number of benzene rings is 3. The van der Waals surface area contributed by atoms with E-state index in [9.17, 15) is 19.1 Å². The largest absolute Gasteiger partial charge is 0.508 e. The van der Waals surface area contributed by atoms with Crippen molar-refractivity contribution in [1.29, 1.82) is 0 Å². The van der Waals surface area contributed by atoms with Crippen LogP contribution < -0.4 is 5.32 Å². The lowest BCUT2D eigenvalue weighted by molar-refractivity contribution is 0.0784. The zero-order valence-corrected chi connectivity index (χ0v) is 16.1. The van der Waals surface area contributed by atoms with Crippen molar-refractivity contribution in [3.05, 3.63) is 94.8 Å². The summed E-state index contributed by atoms with van der Waals surface area (Å²) < 4.78 is 13.9. The molecule has 0 spiro atoms. The summed E-state index contributed by atoms with van der Waals surface area (Å²) in [5.41, 5.74) is 2.31. The minimum absolute atomic E-state index is 0.0652. The van der Waals surface area contributed by atoms with E-state index >= 15 is 0 Å². The third kappa shape index (κ3) is 4.79. The molecule has 0 atom stereocenters. The van der Waals surface area contributed by atoms with Gasteiger partial charge in [-0.25, -0.2) is 4.39 Å². The summed E-state index contributed by atoms with van der Waals surface area (Å²) in [6, 6.07) is 17.4. The van der Waals surface area contributed by atoms with Crippen LogP contribution in [0, 0.1) is 12.7 Å². The topological polar surface area (TPSA) is 69.6 Å². The zero-order chi connectivity index (χ0) is 21.0. The predicted octanol–water partition coefficient (Wildman–Crippen LogP) is 4.36. The Morgan fingerprint density at radius 2 is 1.79 bits per heavy atom. The lowest BCUT2D eigenvalue weighted by atomic mass is 10.1. The van der Waals surface area contributed by atoms with E-state index in [1.165, 1.54) is 23.1 Å². The van der Waals surface area contributed by atoms with Gasteiger partial charge in [0.15, 0.2) is 0 Å². The molecule has 0 saturated carbocycles. The maximum atomic E-state index is 13.9. The van der Waals surface area contributed by atoms with Gasteiger partial charge in [-0.3, -0.25) is 9.59 Å². The monoisotopic (exact) mass is 392 g/mol. The lowest BCUT2D eigenvalue weighted by Gasteiger charge is -2.18. The van der Waals surface area contributed by atoms with Gasteiger partial charge in [0, 0.05) is 24.8 Å². The van der Waals surface area contributed by atoms with Crippen molar-refractivity contribution < 1.29 is 19.1 Å². The molecule has 6 heteroatoms. The molecule has 3 rings (SSSR count). The molecule has 2 amide bonds. The van der Waals surface area contributed by atoms with E-state index in [2.05, 4.69) is 5.32 Å². The van der Waals surface area contributed by atoms with Crippen LogP contribution in [-0.2, 0) is 6.54 Å². The Bertz CT molecular complexity index is 1070. The number of amides is 2. The maximum absolute atomic E-state index is 13.9. The van der Waals surface area contributed by atoms with Gasteiger partial charge in [0.25, 0.3) is 11.8 Å². The summed E-state index contributed by atoms with van der Waals surface area (Å²) in [4.78, 5) is 26.7. The fourth-order valence-electron chi connectivity index (χ4n) is 2.95. The Labute approximate surface area is 168 Å². The molecule has 0 heterocycles. The van der Waals surface area contributed by atoms with Crippen LogP contribution in [-0.4, -0.2) is 28.9 Å². The molecule has 3 aromatic rings. The van der Waals surface area contributed by atoms with Crippen LogP contribution >= 0.6 is 0 Å². The number of nitrogens with one attached hydrogen (secondary N) is 1. The fraction of sp³-hybridized carbons (Fsp3) is 0.130. The molecule has 0 bridgehead atoms. The molecule has 0 saturated heterocycles. The van der Waals surface area contributed by atoms with Gasteiger partial charge < -0.3 is 15.3 Å². The number of hydrogen-bond acceptors (Lipinski definition) is 3. The van der Waals surface area contributed by atoms with Gasteiger partial charge in [0.2, 0.25) is 0 Å². The van der Waals surface area contributed by atoms with E-state index in [4.69, 9.17) is 0 Å². The highest BCUT2D eigenvalue weighted by Gasteiger charge is 2.16. The zero-order valence-electron chi connectivity index (χ0n) is 16.1. The van der Waals surface area contributed by atoms with Gasteiger partial charge in [-0.2, -0.15) is 0 Å². The van der Waals surface area contributed by atoms with E-state index in [1.807, 2.05) is 6.07 Å². The summed E-state index contributed by atoms with van der Waals surface area (Å²) >= 11 is 0. The Balaban J connectivity index is 1.78. The van der Waals surface area contributed by atoms with Crippen molar-refractivity contribution in [3.8, 4) is 5.75 Å². The van der Waals surface area contributed by atoms with Gasteiger partial charge in [0.1, 0.15) is 11.6 Å². The fourth-order valence-corrected chi connectivity index (χ4v) is 2.95. The first-order valence-corrected chi connectivity index (χ1v) is 9.05. The van der Waals surface area contributed by atoms with Crippen molar-refractivity contribution in [3.63, 3.8) is 0 Å². The highest BCUT2D eigenvalue weighted by atomic mass is 19.1. The van der Waals surface area contributed by atoms with Crippen LogP contribution in [0.25, 0.3) is 0 Å². The van der Waals surface area contributed by atoms with E-state index in [0.29, 0.717) is 17.8 Å². The van der Waals surface area contributed by atoms with Crippen LogP contribution in [0.4, 0.5) is 10.1 Å². The number of carbonyl (C=O) groups is 2. The Morgan fingerprint density at radius 1 is 1.03 bits per heavy atom. The number of rotatable bonds is 5. The van der Waals surface area contributed by atoms with Crippen LogP contribution in [0.3, 0.4) is 0 Å². The molecule has 0 aliphatic rings. The highest BCUT2D eigenvalue weighted by molar-refractivity contribution is 6.05. The van der Waals surface area contributed by atoms with Gasteiger partial charge in [-0.05, 0) is 54.4 Å². The second-order valence-electron chi connectivity index (χ2n) is 6.79. The molecule has 148 valence electrons. The van der Waals surface area contributed by atoms with Gasteiger partial charge in [-0.15, -0.1) is 0 Å². The Hall–Kier alpha value is -3.67. The molecule has 0 unspecified atom stereocenters. The van der Waals surface area contributed by atoms with E-state index in [-0.39, 0.29) is 17.2 Å². The Morgan fingerprint density at radius 3 is 2.52 bits per heavy atom. The summed E-state index contributed by atoms with van der Waals surface area (Å²) in [6.07, 6.45) is 0. The van der Waals surface area contributed by atoms with Gasteiger partial charge in [-0.1, -0.05) is 30.3 Å². The maximum Gasteiger partial charge on any atom is 0.258 e. The lowest BCUT2D eigenvalue weighted by Crippen LogP contribution is -2.26. The number of aromatic hydroxyl groups is 1. The Kier molecular flexibility index (Phi) is 5.93. The van der Waals surface area contributed by atoms with Crippen LogP contribution in [0.5, 0.6) is 5.75 Å². The molecular formula is C23H21FN2O3. The minimum Gasteiger partial charge on any atom is -0.508 e. The molecule has 2 N–H and O–H groups in total. The molecule has 3 aromatic carbocycles. The summed E-state index contributed by atoms with van der Waals surface area (Å²) in [6.45, 7) is 2.11. The number of carbonyl (C=O) groups excluding carboxylic acids is 2. The predicted molar refractivity (Wildman–Crippen MR) is 109 cm³/mol. The quantitative estimate of drug-likeness (QED) is 0.678. The number of phenols is 1. The molecule has 29 heavy (non-hydrogen) atoms. The van der Waals surface area contributed by atoms with Crippen LogP contribution in [0.2, 0.25) is 0 Å². The molecular weight excluding hydrogens is 371 g/mol. The van der Waals surface area contributed by atoms with E-state index in [1.54, 1.807) is 56.4 Å². The van der Waals surface area contributed by atoms with Crippen molar-refractivity contribution >= 4 is 17.5 Å². The number of phenolic OH excluding ortho intramolecular Hbond substituents is 1. The first-order chi connectivity index (χ1) is 13.8. The second-order valence-corrected chi connectivity index (χ2v) is 6.79. The van der Waals surface area contributed by atoms with E-state index < -0.39 is 11.7 Å². The first-order valence-electron chi connectivity index (χ1n) is 9.05.